The minimum Gasteiger partial charge on any atom is -0.402 e. The summed E-state index contributed by atoms with van der Waals surface area (Å²) in [5, 5.41) is 0. The molecule has 0 atom stereocenters. The minimum atomic E-state index is 0.363. The van der Waals surface area contributed by atoms with Crippen LogP contribution in [-0.4, -0.2) is 0 Å². The molecule has 0 spiro atoms. The van der Waals surface area contributed by atoms with Crippen molar-refractivity contribution in [1.29, 1.82) is 0 Å². The number of nitrogens with two attached hydrogens (primary N) is 1. The van der Waals surface area contributed by atoms with E-state index in [1.54, 1.807) is 0 Å². The smallest absolute Gasteiger partial charge is 0.0153 e. The molecule has 0 radical (unpaired) electrons. The Morgan fingerprint density at radius 1 is 1.23 bits per heavy atom. The normalized spacial score (nSPS) is 17.8. The molecule has 0 amide bonds. The van der Waals surface area contributed by atoms with Crippen LogP contribution in [0.1, 0.15) is 19.8 Å². The molecule has 2 N–H and O–H groups in total. The molecule has 0 aromatic carbocycles. The van der Waals surface area contributed by atoms with Gasteiger partial charge in [-0.15, -0.1) is 0 Å². The van der Waals surface area contributed by atoms with Gasteiger partial charge in [0.15, 0.2) is 0 Å². The quantitative estimate of drug-likeness (QED) is 0.701. The fraction of sp³-hybridized carbons (Fsp3) is 0.333. The van der Waals surface area contributed by atoms with Crippen molar-refractivity contribution in [3.63, 3.8) is 0 Å². The van der Waals surface area contributed by atoms with Gasteiger partial charge in [0.2, 0.25) is 0 Å². The van der Waals surface area contributed by atoms with Gasteiger partial charge in [0.1, 0.15) is 0 Å². The van der Waals surface area contributed by atoms with Crippen LogP contribution in [0.3, 0.4) is 0 Å². The van der Waals surface area contributed by atoms with E-state index in [0.717, 1.165) is 18.5 Å². The highest BCUT2D eigenvalue weighted by atomic mass is 14.6. The average molecular weight is 175 g/mol. The summed E-state index contributed by atoms with van der Waals surface area (Å²) >= 11 is 0. The minimum absolute atomic E-state index is 0.363. The van der Waals surface area contributed by atoms with E-state index in [0.29, 0.717) is 5.92 Å². The summed E-state index contributed by atoms with van der Waals surface area (Å²) in [6.07, 6.45) is 16.7. The molecule has 0 aliphatic heterocycles. The van der Waals surface area contributed by atoms with Gasteiger partial charge in [-0.2, -0.15) is 0 Å². The third kappa shape index (κ3) is 3.79. The predicted molar refractivity (Wildman–Crippen MR) is 58.1 cm³/mol. The second kappa shape index (κ2) is 5.41. The Balaban J connectivity index is 2.57. The van der Waals surface area contributed by atoms with Crippen LogP contribution in [0.2, 0.25) is 0 Å². The Morgan fingerprint density at radius 2 is 1.85 bits per heavy atom. The van der Waals surface area contributed by atoms with Gasteiger partial charge in [-0.25, -0.2) is 0 Å². The zero-order valence-electron chi connectivity index (χ0n) is 8.11. The molecule has 0 bridgehead atoms. The molecule has 1 aliphatic rings. The summed E-state index contributed by atoms with van der Waals surface area (Å²) in [6, 6.07) is 0. The van der Waals surface area contributed by atoms with E-state index in [9.17, 15) is 0 Å². The highest BCUT2D eigenvalue weighted by Crippen LogP contribution is 2.10. The van der Waals surface area contributed by atoms with Gasteiger partial charge in [0.25, 0.3) is 0 Å². The Hall–Kier alpha value is -1.24. The molecule has 0 saturated carbocycles. The topological polar surface area (TPSA) is 26.0 Å². The monoisotopic (exact) mass is 175 g/mol. The third-order valence-corrected chi connectivity index (χ3v) is 1.95. The highest BCUT2D eigenvalue weighted by Gasteiger charge is 1.97. The van der Waals surface area contributed by atoms with Crippen LogP contribution in [0, 0.1) is 5.92 Å². The lowest BCUT2D eigenvalue weighted by molar-refractivity contribution is 0.872. The maximum absolute atomic E-state index is 5.84. The fourth-order valence-electron chi connectivity index (χ4n) is 1.31. The first-order chi connectivity index (χ1) is 6.33. The maximum atomic E-state index is 5.84. The van der Waals surface area contributed by atoms with Crippen molar-refractivity contribution in [2.24, 2.45) is 11.7 Å². The lowest BCUT2D eigenvalue weighted by Crippen LogP contribution is -1.99. The Kier molecular flexibility index (Phi) is 4.10. The van der Waals surface area contributed by atoms with Gasteiger partial charge < -0.3 is 5.73 Å². The van der Waals surface area contributed by atoms with Crippen LogP contribution in [-0.2, 0) is 0 Å². The third-order valence-electron chi connectivity index (χ3n) is 1.95. The molecule has 1 nitrogen and oxygen atoms in total. The zero-order valence-corrected chi connectivity index (χ0v) is 8.11. The van der Waals surface area contributed by atoms with Crippen LogP contribution in [0.15, 0.2) is 48.2 Å². The van der Waals surface area contributed by atoms with Crippen molar-refractivity contribution in [2.45, 2.75) is 19.8 Å². The van der Waals surface area contributed by atoms with Crippen molar-refractivity contribution in [2.75, 3.05) is 0 Å². The first-order valence-corrected chi connectivity index (χ1v) is 4.80. The molecule has 70 valence electrons. The number of allylic oxidation sites excluding steroid dienone is 8. The summed E-state index contributed by atoms with van der Waals surface area (Å²) in [7, 11) is 0. The summed E-state index contributed by atoms with van der Waals surface area (Å²) in [5.74, 6) is 0.363. The van der Waals surface area contributed by atoms with E-state index in [4.69, 9.17) is 5.73 Å². The number of rotatable bonds is 3. The van der Waals surface area contributed by atoms with Crippen molar-refractivity contribution in [1.82, 2.24) is 0 Å². The first kappa shape index (κ1) is 9.85. The molecule has 1 heteroatoms. The molecule has 0 aromatic rings. The Bertz CT molecular complexity index is 240. The first-order valence-electron chi connectivity index (χ1n) is 4.80. The molecule has 0 heterocycles. The standard InChI is InChI=1S/C12H17N/c1-2-7-12(13)10-11-8-5-3-4-6-9-11/h3-6,8-11H,2,7,13H2,1H3/b12-10+. The van der Waals surface area contributed by atoms with Gasteiger partial charge in [-0.05, 0) is 6.42 Å². The van der Waals surface area contributed by atoms with Crippen LogP contribution in [0.4, 0.5) is 0 Å². The van der Waals surface area contributed by atoms with Crippen molar-refractivity contribution in [3.8, 4) is 0 Å². The molecular formula is C12H17N. The van der Waals surface area contributed by atoms with Gasteiger partial charge >= 0.3 is 0 Å². The fourth-order valence-corrected chi connectivity index (χ4v) is 1.31. The number of hydrogen-bond acceptors (Lipinski definition) is 1. The predicted octanol–water partition coefficient (Wildman–Crippen LogP) is 2.93. The van der Waals surface area contributed by atoms with E-state index >= 15 is 0 Å². The largest absolute Gasteiger partial charge is 0.402 e. The van der Waals surface area contributed by atoms with E-state index in [-0.39, 0.29) is 0 Å². The molecule has 13 heavy (non-hydrogen) atoms. The Morgan fingerprint density at radius 3 is 2.38 bits per heavy atom. The Labute approximate surface area is 80.3 Å². The van der Waals surface area contributed by atoms with Crippen LogP contribution >= 0.6 is 0 Å². The van der Waals surface area contributed by atoms with Gasteiger partial charge in [0.05, 0.1) is 0 Å². The number of hydrogen-bond donors (Lipinski definition) is 1. The van der Waals surface area contributed by atoms with E-state index in [2.05, 4.69) is 37.3 Å². The SMILES string of the molecule is CCC/C(N)=C\C1C=CC=CC=C1. The van der Waals surface area contributed by atoms with Gasteiger partial charge in [0, 0.05) is 11.6 Å². The summed E-state index contributed by atoms with van der Waals surface area (Å²) in [5.41, 5.74) is 6.83. The van der Waals surface area contributed by atoms with Crippen molar-refractivity contribution in [3.05, 3.63) is 48.2 Å². The highest BCUT2D eigenvalue weighted by molar-refractivity contribution is 5.24. The van der Waals surface area contributed by atoms with E-state index in [1.165, 1.54) is 0 Å². The van der Waals surface area contributed by atoms with Crippen LogP contribution in [0.5, 0.6) is 0 Å². The molecular weight excluding hydrogens is 158 g/mol. The molecule has 0 saturated heterocycles. The van der Waals surface area contributed by atoms with Crippen LogP contribution < -0.4 is 5.73 Å². The summed E-state index contributed by atoms with van der Waals surface area (Å²) < 4.78 is 0. The summed E-state index contributed by atoms with van der Waals surface area (Å²) in [6.45, 7) is 2.14. The molecule has 0 unspecified atom stereocenters. The van der Waals surface area contributed by atoms with E-state index < -0.39 is 0 Å². The van der Waals surface area contributed by atoms with Gasteiger partial charge in [-0.3, -0.25) is 0 Å². The van der Waals surface area contributed by atoms with E-state index in [1.807, 2.05) is 12.2 Å². The lowest BCUT2D eigenvalue weighted by atomic mass is 10.1. The second-order valence-electron chi connectivity index (χ2n) is 3.22. The lowest BCUT2D eigenvalue weighted by Gasteiger charge is -2.03. The van der Waals surface area contributed by atoms with Crippen LogP contribution in [0.25, 0.3) is 0 Å². The van der Waals surface area contributed by atoms with Crippen molar-refractivity contribution >= 4 is 0 Å². The van der Waals surface area contributed by atoms with Gasteiger partial charge in [-0.1, -0.05) is 55.9 Å². The molecule has 1 rings (SSSR count). The second-order valence-corrected chi connectivity index (χ2v) is 3.22. The summed E-state index contributed by atoms with van der Waals surface area (Å²) in [4.78, 5) is 0. The maximum Gasteiger partial charge on any atom is 0.0153 e. The zero-order chi connectivity index (χ0) is 9.52. The average Bonchev–Trinajstić information content (AvgIpc) is 2.33. The molecule has 0 fully saturated rings. The molecule has 0 aromatic heterocycles. The molecule has 1 aliphatic carbocycles. The van der Waals surface area contributed by atoms with Crippen molar-refractivity contribution < 1.29 is 0 Å².